The number of carbonyl (C=O) groups is 1. The summed E-state index contributed by atoms with van der Waals surface area (Å²) in [7, 11) is 0. The maximum absolute atomic E-state index is 12.7. The van der Waals surface area contributed by atoms with E-state index >= 15 is 0 Å². The second kappa shape index (κ2) is 5.63. The first-order valence-corrected chi connectivity index (χ1v) is 7.06. The van der Waals surface area contributed by atoms with E-state index < -0.39 is 0 Å². The Balaban J connectivity index is 1.90. The molecular weight excluding hydrogens is 276 g/mol. The van der Waals surface area contributed by atoms with Gasteiger partial charge in [-0.15, -0.1) is 0 Å². The summed E-state index contributed by atoms with van der Waals surface area (Å²) in [5, 5.41) is 7.24. The molecule has 1 aromatic carbocycles. The number of halogens is 1. The molecule has 20 heavy (non-hydrogen) atoms. The zero-order valence-electron chi connectivity index (χ0n) is 10.9. The second-order valence-electron chi connectivity index (χ2n) is 4.86. The molecule has 0 saturated carbocycles. The Kier molecular flexibility index (Phi) is 3.69. The summed E-state index contributed by atoms with van der Waals surface area (Å²) in [6.45, 7) is 0.718. The minimum Gasteiger partial charge on any atom is -0.328 e. The molecule has 1 saturated heterocycles. The van der Waals surface area contributed by atoms with Crippen molar-refractivity contribution in [2.24, 2.45) is 0 Å². The quantitative estimate of drug-likeness (QED) is 0.925. The molecule has 2 aromatic rings. The summed E-state index contributed by atoms with van der Waals surface area (Å²) in [6, 6.07) is 7.10. The number of piperidine rings is 1. The molecule has 3 rings (SSSR count). The molecule has 1 aliphatic heterocycles. The molecule has 0 radical (unpaired) electrons. The van der Waals surface area contributed by atoms with Gasteiger partial charge < -0.3 is 4.90 Å². The highest BCUT2D eigenvalue weighted by atomic mass is 35.5. The minimum absolute atomic E-state index is 0.0447. The normalized spacial score (nSPS) is 19.1. The Morgan fingerprint density at radius 3 is 2.95 bits per heavy atom. The van der Waals surface area contributed by atoms with Crippen molar-refractivity contribution >= 4 is 17.5 Å². The van der Waals surface area contributed by atoms with Crippen molar-refractivity contribution in [3.8, 4) is 0 Å². The molecule has 1 N–H and O–H groups in total. The van der Waals surface area contributed by atoms with Gasteiger partial charge in [-0.3, -0.25) is 9.89 Å². The summed E-state index contributed by atoms with van der Waals surface area (Å²) in [4.78, 5) is 18.7. The average Bonchev–Trinajstić information content (AvgIpc) is 3.01. The molecule has 1 unspecified atom stereocenters. The van der Waals surface area contributed by atoms with E-state index in [1.165, 1.54) is 6.33 Å². The van der Waals surface area contributed by atoms with Crippen LogP contribution in [0.3, 0.4) is 0 Å². The number of hydrogen-bond acceptors (Lipinski definition) is 3. The number of nitrogens with one attached hydrogen (secondary N) is 1. The first-order chi connectivity index (χ1) is 9.77. The zero-order chi connectivity index (χ0) is 13.9. The SMILES string of the molecule is O=C(c1ccccc1Cl)N1CCCCC1c1ncn[nH]1. The molecular formula is C14H15ClN4O. The third-order valence-electron chi connectivity index (χ3n) is 3.62. The van der Waals surface area contributed by atoms with Gasteiger partial charge in [0.15, 0.2) is 0 Å². The van der Waals surface area contributed by atoms with E-state index in [1.54, 1.807) is 12.1 Å². The lowest BCUT2D eigenvalue weighted by Gasteiger charge is -2.34. The van der Waals surface area contributed by atoms with Crippen LogP contribution in [0.5, 0.6) is 0 Å². The van der Waals surface area contributed by atoms with Crippen LogP contribution in [-0.2, 0) is 0 Å². The topological polar surface area (TPSA) is 61.9 Å². The summed E-state index contributed by atoms with van der Waals surface area (Å²) in [5.41, 5.74) is 0.542. The van der Waals surface area contributed by atoms with E-state index in [2.05, 4.69) is 15.2 Å². The number of carbonyl (C=O) groups excluding carboxylic acids is 1. The molecule has 0 spiro atoms. The molecule has 1 atom stereocenters. The third-order valence-corrected chi connectivity index (χ3v) is 3.95. The van der Waals surface area contributed by atoms with Gasteiger partial charge in [-0.2, -0.15) is 5.10 Å². The fourth-order valence-electron chi connectivity index (χ4n) is 2.62. The van der Waals surface area contributed by atoms with E-state index in [-0.39, 0.29) is 11.9 Å². The second-order valence-corrected chi connectivity index (χ2v) is 5.27. The van der Waals surface area contributed by atoms with Crippen molar-refractivity contribution in [1.29, 1.82) is 0 Å². The molecule has 5 nitrogen and oxygen atoms in total. The highest BCUT2D eigenvalue weighted by Gasteiger charge is 2.31. The van der Waals surface area contributed by atoms with Crippen LogP contribution in [0.4, 0.5) is 0 Å². The number of likely N-dealkylation sites (tertiary alicyclic amines) is 1. The standard InChI is InChI=1S/C14H15ClN4O/c15-11-6-2-1-5-10(11)14(20)19-8-4-3-7-12(19)13-16-9-17-18-13/h1-2,5-6,9,12H,3-4,7-8H2,(H,16,17,18). The predicted molar refractivity (Wildman–Crippen MR) is 75.5 cm³/mol. The van der Waals surface area contributed by atoms with Crippen LogP contribution in [0.25, 0.3) is 0 Å². The number of hydrogen-bond donors (Lipinski definition) is 1. The molecule has 0 aliphatic carbocycles. The van der Waals surface area contributed by atoms with Crippen molar-refractivity contribution in [3.63, 3.8) is 0 Å². The lowest BCUT2D eigenvalue weighted by Crippen LogP contribution is -2.39. The largest absolute Gasteiger partial charge is 0.328 e. The lowest BCUT2D eigenvalue weighted by atomic mass is 10.00. The summed E-state index contributed by atoms with van der Waals surface area (Å²) < 4.78 is 0. The van der Waals surface area contributed by atoms with Gasteiger partial charge in [0.2, 0.25) is 0 Å². The van der Waals surface area contributed by atoms with Gasteiger partial charge in [-0.25, -0.2) is 4.98 Å². The number of aromatic amines is 1. The van der Waals surface area contributed by atoms with Gasteiger partial charge in [-0.1, -0.05) is 23.7 Å². The molecule has 104 valence electrons. The highest BCUT2D eigenvalue weighted by Crippen LogP contribution is 2.31. The van der Waals surface area contributed by atoms with E-state index in [4.69, 9.17) is 11.6 Å². The van der Waals surface area contributed by atoms with E-state index in [9.17, 15) is 4.79 Å². The fraction of sp³-hybridized carbons (Fsp3) is 0.357. The minimum atomic E-state index is -0.0463. The van der Waals surface area contributed by atoms with Crippen LogP contribution >= 0.6 is 11.6 Å². The van der Waals surface area contributed by atoms with Gasteiger partial charge in [0.25, 0.3) is 5.91 Å². The van der Waals surface area contributed by atoms with E-state index in [0.29, 0.717) is 10.6 Å². The summed E-state index contributed by atoms with van der Waals surface area (Å²) in [5.74, 6) is 0.696. The van der Waals surface area contributed by atoms with Gasteiger partial charge >= 0.3 is 0 Å². The van der Waals surface area contributed by atoms with E-state index in [0.717, 1.165) is 31.6 Å². The van der Waals surface area contributed by atoms with Crippen LogP contribution in [-0.4, -0.2) is 32.5 Å². The maximum Gasteiger partial charge on any atom is 0.255 e. The molecule has 1 aromatic heterocycles. The fourth-order valence-corrected chi connectivity index (χ4v) is 2.84. The Morgan fingerprint density at radius 1 is 1.35 bits per heavy atom. The van der Waals surface area contributed by atoms with Crippen molar-refractivity contribution in [2.75, 3.05) is 6.54 Å². The lowest BCUT2D eigenvalue weighted by molar-refractivity contribution is 0.0600. The summed E-state index contributed by atoms with van der Waals surface area (Å²) in [6.07, 6.45) is 4.45. The van der Waals surface area contributed by atoms with Crippen LogP contribution in [0.15, 0.2) is 30.6 Å². The van der Waals surface area contributed by atoms with Gasteiger partial charge in [0.1, 0.15) is 12.2 Å². The third kappa shape index (κ3) is 2.41. The van der Waals surface area contributed by atoms with Crippen molar-refractivity contribution in [3.05, 3.63) is 47.0 Å². The van der Waals surface area contributed by atoms with Crippen molar-refractivity contribution in [1.82, 2.24) is 20.1 Å². The number of H-pyrrole nitrogens is 1. The van der Waals surface area contributed by atoms with E-state index in [1.807, 2.05) is 17.0 Å². The Morgan fingerprint density at radius 2 is 2.20 bits per heavy atom. The monoisotopic (exact) mass is 290 g/mol. The van der Waals surface area contributed by atoms with Gasteiger partial charge in [0, 0.05) is 6.54 Å². The summed E-state index contributed by atoms with van der Waals surface area (Å²) >= 11 is 6.13. The van der Waals surface area contributed by atoms with Crippen LogP contribution in [0.2, 0.25) is 5.02 Å². The van der Waals surface area contributed by atoms with Gasteiger partial charge in [0.05, 0.1) is 16.6 Å². The molecule has 1 aliphatic rings. The first kappa shape index (κ1) is 13.1. The van der Waals surface area contributed by atoms with Crippen LogP contribution in [0, 0.1) is 0 Å². The Labute approximate surface area is 122 Å². The van der Waals surface area contributed by atoms with Gasteiger partial charge in [-0.05, 0) is 31.4 Å². The predicted octanol–water partition coefficient (Wildman–Crippen LogP) is 2.83. The maximum atomic E-state index is 12.7. The average molecular weight is 291 g/mol. The van der Waals surface area contributed by atoms with Crippen LogP contribution < -0.4 is 0 Å². The number of aromatic nitrogens is 3. The Bertz CT molecular complexity index is 599. The number of rotatable bonds is 2. The smallest absolute Gasteiger partial charge is 0.255 e. The molecule has 6 heteroatoms. The first-order valence-electron chi connectivity index (χ1n) is 6.68. The number of amides is 1. The zero-order valence-corrected chi connectivity index (χ0v) is 11.7. The van der Waals surface area contributed by atoms with Crippen LogP contribution in [0.1, 0.15) is 41.5 Å². The van der Waals surface area contributed by atoms with Crippen molar-refractivity contribution < 1.29 is 4.79 Å². The highest BCUT2D eigenvalue weighted by molar-refractivity contribution is 6.33. The van der Waals surface area contributed by atoms with Crippen molar-refractivity contribution in [2.45, 2.75) is 25.3 Å². The number of benzene rings is 1. The number of nitrogens with zero attached hydrogens (tertiary/aromatic N) is 3. The molecule has 0 bridgehead atoms. The molecule has 1 amide bonds. The Hall–Kier alpha value is -1.88. The molecule has 1 fully saturated rings. The molecule has 2 heterocycles.